The molecular formula is C18H24FIN4O2S. The molecule has 2 rings (SSSR count). The van der Waals surface area contributed by atoms with Crippen molar-refractivity contribution in [3.05, 3.63) is 65.5 Å². The predicted octanol–water partition coefficient (Wildman–Crippen LogP) is 2.73. The van der Waals surface area contributed by atoms with Crippen molar-refractivity contribution in [3.8, 4) is 0 Å². The van der Waals surface area contributed by atoms with Crippen LogP contribution in [0.4, 0.5) is 4.39 Å². The van der Waals surface area contributed by atoms with Crippen LogP contribution in [0.5, 0.6) is 0 Å². The Kier molecular flexibility index (Phi) is 9.13. The number of hydrogen-bond donors (Lipinski definition) is 3. The molecule has 0 bridgehead atoms. The average Bonchev–Trinajstić information content (AvgIpc) is 2.58. The summed E-state index contributed by atoms with van der Waals surface area (Å²) in [6.45, 7) is 4.16. The van der Waals surface area contributed by atoms with Gasteiger partial charge in [0.05, 0.1) is 11.4 Å². The molecular weight excluding hydrogens is 482 g/mol. The average molecular weight is 506 g/mol. The Bertz CT molecular complexity index is 888. The number of halogens is 2. The minimum atomic E-state index is -3.72. The van der Waals surface area contributed by atoms with Gasteiger partial charge in [0.25, 0.3) is 0 Å². The molecule has 148 valence electrons. The van der Waals surface area contributed by atoms with E-state index in [1.807, 2.05) is 13.8 Å². The van der Waals surface area contributed by atoms with Crippen LogP contribution in [0.1, 0.15) is 25.0 Å². The summed E-state index contributed by atoms with van der Waals surface area (Å²) in [6, 6.07) is 12.4. The molecule has 27 heavy (non-hydrogen) atoms. The Balaban J connectivity index is 0.00000364. The van der Waals surface area contributed by atoms with Crippen LogP contribution in [0.2, 0.25) is 0 Å². The van der Waals surface area contributed by atoms with Crippen LogP contribution in [-0.4, -0.2) is 20.4 Å². The monoisotopic (exact) mass is 506 g/mol. The highest BCUT2D eigenvalue weighted by Gasteiger charge is 2.14. The van der Waals surface area contributed by atoms with Gasteiger partial charge in [0, 0.05) is 12.6 Å². The molecule has 0 unspecified atom stereocenters. The van der Waals surface area contributed by atoms with Gasteiger partial charge in [0.15, 0.2) is 5.96 Å². The zero-order valence-corrected chi connectivity index (χ0v) is 18.3. The van der Waals surface area contributed by atoms with Gasteiger partial charge in [0.1, 0.15) is 5.82 Å². The van der Waals surface area contributed by atoms with Crippen LogP contribution >= 0.6 is 24.0 Å². The van der Waals surface area contributed by atoms with Crippen molar-refractivity contribution in [2.45, 2.75) is 37.9 Å². The van der Waals surface area contributed by atoms with E-state index in [1.54, 1.807) is 24.3 Å². The lowest BCUT2D eigenvalue weighted by atomic mass is 10.2. The molecule has 0 saturated carbocycles. The number of aliphatic imine (C=N–C) groups is 1. The molecule has 2 aromatic rings. The third-order valence-corrected chi connectivity index (χ3v) is 4.83. The molecule has 4 N–H and O–H groups in total. The molecule has 0 aliphatic rings. The normalized spacial score (nSPS) is 11.9. The lowest BCUT2D eigenvalue weighted by molar-refractivity contribution is 0.580. The van der Waals surface area contributed by atoms with Gasteiger partial charge in [-0.25, -0.2) is 22.5 Å². The van der Waals surface area contributed by atoms with E-state index in [-0.39, 0.29) is 48.0 Å². The van der Waals surface area contributed by atoms with Crippen molar-refractivity contribution < 1.29 is 12.8 Å². The molecule has 6 nitrogen and oxygen atoms in total. The van der Waals surface area contributed by atoms with Crippen LogP contribution in [0.3, 0.4) is 0 Å². The summed E-state index contributed by atoms with van der Waals surface area (Å²) < 4.78 is 40.6. The number of nitrogens with zero attached hydrogens (tertiary/aromatic N) is 1. The number of hydrogen-bond acceptors (Lipinski definition) is 3. The van der Waals surface area contributed by atoms with Gasteiger partial charge in [-0.15, -0.1) is 24.0 Å². The Hall–Kier alpha value is -1.72. The highest BCUT2D eigenvalue weighted by Crippen LogP contribution is 2.13. The Morgan fingerprint density at radius 1 is 1.15 bits per heavy atom. The summed E-state index contributed by atoms with van der Waals surface area (Å²) in [5.74, 6) is -0.105. The maximum Gasteiger partial charge on any atom is 0.240 e. The van der Waals surface area contributed by atoms with Crippen molar-refractivity contribution in [2.24, 2.45) is 10.7 Å². The molecule has 0 aromatic heterocycles. The number of sulfonamides is 1. The van der Waals surface area contributed by atoms with Crippen molar-refractivity contribution >= 4 is 40.0 Å². The molecule has 0 fully saturated rings. The second-order valence-electron chi connectivity index (χ2n) is 6.10. The fraction of sp³-hybridized carbons (Fsp3) is 0.278. The van der Waals surface area contributed by atoms with Crippen LogP contribution < -0.4 is 15.8 Å². The molecule has 9 heteroatoms. The summed E-state index contributed by atoms with van der Waals surface area (Å²) >= 11 is 0. The highest BCUT2D eigenvalue weighted by atomic mass is 127. The number of nitrogens with two attached hydrogens (primary N) is 1. The molecule has 0 spiro atoms. The van der Waals surface area contributed by atoms with E-state index in [0.717, 1.165) is 0 Å². The summed E-state index contributed by atoms with van der Waals surface area (Å²) in [5, 5.41) is 2.97. The lowest BCUT2D eigenvalue weighted by Gasteiger charge is -2.10. The standard InChI is InChI=1S/C18H23FN4O2S.HI/c1-13(2)23-18(20)21-11-15-6-4-8-17(10-15)26(24,25)22-12-14-5-3-7-16(19)9-14;/h3-10,13,22H,11-12H2,1-2H3,(H3,20,21,23);1H. The van der Waals surface area contributed by atoms with E-state index in [4.69, 9.17) is 5.73 Å². The first-order valence-corrected chi connectivity index (χ1v) is 9.64. The van der Waals surface area contributed by atoms with E-state index in [1.165, 1.54) is 24.3 Å². The molecule has 0 amide bonds. The first-order valence-electron chi connectivity index (χ1n) is 8.16. The molecule has 0 saturated heterocycles. The van der Waals surface area contributed by atoms with E-state index in [9.17, 15) is 12.8 Å². The maximum absolute atomic E-state index is 13.2. The van der Waals surface area contributed by atoms with Crippen LogP contribution in [-0.2, 0) is 23.1 Å². The van der Waals surface area contributed by atoms with Gasteiger partial charge in [-0.05, 0) is 49.2 Å². The van der Waals surface area contributed by atoms with Gasteiger partial charge in [-0.1, -0.05) is 24.3 Å². The number of benzene rings is 2. The SMILES string of the molecule is CC(C)NC(N)=NCc1cccc(S(=O)(=O)NCc2cccc(F)c2)c1.I. The summed E-state index contributed by atoms with van der Waals surface area (Å²) in [7, 11) is -3.72. The van der Waals surface area contributed by atoms with Gasteiger partial charge < -0.3 is 11.1 Å². The number of rotatable bonds is 7. The predicted molar refractivity (Wildman–Crippen MR) is 116 cm³/mol. The number of guanidine groups is 1. The molecule has 0 heterocycles. The van der Waals surface area contributed by atoms with Gasteiger partial charge >= 0.3 is 0 Å². The third kappa shape index (κ3) is 7.81. The highest BCUT2D eigenvalue weighted by molar-refractivity contribution is 14.0. The Morgan fingerprint density at radius 3 is 2.48 bits per heavy atom. The smallest absolute Gasteiger partial charge is 0.240 e. The van der Waals surface area contributed by atoms with Crippen molar-refractivity contribution in [1.29, 1.82) is 0 Å². The van der Waals surface area contributed by atoms with E-state index >= 15 is 0 Å². The molecule has 0 aliphatic heterocycles. The van der Waals surface area contributed by atoms with Crippen molar-refractivity contribution in [2.75, 3.05) is 0 Å². The first kappa shape index (κ1) is 23.3. The third-order valence-electron chi connectivity index (χ3n) is 3.43. The van der Waals surface area contributed by atoms with Crippen LogP contribution in [0.25, 0.3) is 0 Å². The van der Waals surface area contributed by atoms with Crippen molar-refractivity contribution in [1.82, 2.24) is 10.0 Å². The second-order valence-corrected chi connectivity index (χ2v) is 7.87. The molecule has 0 atom stereocenters. The van der Waals surface area contributed by atoms with Gasteiger partial charge in [0.2, 0.25) is 10.0 Å². The summed E-state index contributed by atoms with van der Waals surface area (Å²) in [6.07, 6.45) is 0. The first-order chi connectivity index (χ1) is 12.3. The van der Waals surface area contributed by atoms with E-state index in [0.29, 0.717) is 17.1 Å². The zero-order valence-electron chi connectivity index (χ0n) is 15.1. The van der Waals surface area contributed by atoms with E-state index in [2.05, 4.69) is 15.0 Å². The second kappa shape index (κ2) is 10.6. The van der Waals surface area contributed by atoms with Gasteiger partial charge in [-0.3, -0.25) is 0 Å². The van der Waals surface area contributed by atoms with Crippen molar-refractivity contribution in [3.63, 3.8) is 0 Å². The largest absolute Gasteiger partial charge is 0.370 e. The lowest BCUT2D eigenvalue weighted by Crippen LogP contribution is -2.36. The number of nitrogens with one attached hydrogen (secondary N) is 2. The Labute approximate surface area is 176 Å². The molecule has 2 aromatic carbocycles. The minimum Gasteiger partial charge on any atom is -0.370 e. The topological polar surface area (TPSA) is 96.6 Å². The fourth-order valence-electron chi connectivity index (χ4n) is 2.24. The zero-order chi connectivity index (χ0) is 19.2. The Morgan fingerprint density at radius 2 is 1.81 bits per heavy atom. The minimum absolute atomic E-state index is 0. The van der Waals surface area contributed by atoms with Crippen LogP contribution in [0.15, 0.2) is 58.4 Å². The van der Waals surface area contributed by atoms with E-state index < -0.39 is 15.8 Å². The molecule has 0 aliphatic carbocycles. The van der Waals surface area contributed by atoms with Gasteiger partial charge in [-0.2, -0.15) is 0 Å². The summed E-state index contributed by atoms with van der Waals surface area (Å²) in [5.41, 5.74) is 7.01. The molecule has 0 radical (unpaired) electrons. The van der Waals surface area contributed by atoms with Crippen LogP contribution in [0, 0.1) is 5.82 Å². The summed E-state index contributed by atoms with van der Waals surface area (Å²) in [4.78, 5) is 4.31. The quantitative estimate of drug-likeness (QED) is 0.306. The maximum atomic E-state index is 13.2. The fourth-order valence-corrected chi connectivity index (χ4v) is 3.33.